The van der Waals surface area contributed by atoms with Crippen LogP contribution in [0, 0.1) is 0 Å². The topological polar surface area (TPSA) is 78.9 Å². The summed E-state index contributed by atoms with van der Waals surface area (Å²) in [6.07, 6.45) is 88.3. The minimum absolute atomic E-state index is 0.0811. The molecule has 0 amide bonds. The fraction of sp³-hybridized carbons (Fsp3) is 0.824. The van der Waals surface area contributed by atoms with Gasteiger partial charge in [0.25, 0.3) is 0 Å². The zero-order chi connectivity index (χ0) is 57.8. The van der Waals surface area contributed by atoms with E-state index in [4.69, 9.17) is 14.2 Å². The van der Waals surface area contributed by atoms with Gasteiger partial charge in [0.05, 0.1) is 0 Å². The summed E-state index contributed by atoms with van der Waals surface area (Å²) in [7, 11) is 0. The molecule has 0 fully saturated rings. The molecule has 0 aliphatic carbocycles. The molecule has 0 aromatic carbocycles. The summed E-state index contributed by atoms with van der Waals surface area (Å²) >= 11 is 0. The normalized spacial score (nSPS) is 12.4. The second-order valence-electron chi connectivity index (χ2n) is 23.8. The van der Waals surface area contributed by atoms with Crippen molar-refractivity contribution in [1.29, 1.82) is 0 Å². The largest absolute Gasteiger partial charge is 0.462 e. The van der Waals surface area contributed by atoms with Crippen LogP contribution in [-0.2, 0) is 28.6 Å². The van der Waals surface area contributed by atoms with Gasteiger partial charge in [-0.3, -0.25) is 14.4 Å². The van der Waals surface area contributed by atoms with Gasteiger partial charge < -0.3 is 14.2 Å². The molecule has 0 aromatic rings. The first kappa shape index (κ1) is 77.1. The molecule has 0 rings (SSSR count). The highest BCUT2D eigenvalue weighted by Crippen LogP contribution is 2.18. The van der Waals surface area contributed by atoms with Gasteiger partial charge >= 0.3 is 17.9 Å². The summed E-state index contributed by atoms with van der Waals surface area (Å²) in [4.78, 5) is 38.4. The Hall–Kier alpha value is -2.89. The number of hydrogen-bond donors (Lipinski definition) is 0. The average molecular weight is 1120 g/mol. The second kappa shape index (κ2) is 68.6. The number of unbranched alkanes of at least 4 members (excludes halogenated alkanes) is 44. The first-order chi connectivity index (χ1) is 39.5. The lowest BCUT2D eigenvalue weighted by Crippen LogP contribution is -2.30. The summed E-state index contributed by atoms with van der Waals surface area (Å²) in [6.45, 7) is 6.61. The Morgan fingerprint density at radius 1 is 0.250 bits per heavy atom. The van der Waals surface area contributed by atoms with Gasteiger partial charge in [0.1, 0.15) is 13.2 Å². The molecule has 0 bridgehead atoms. The van der Waals surface area contributed by atoms with Crippen LogP contribution < -0.4 is 0 Å². The lowest BCUT2D eigenvalue weighted by molar-refractivity contribution is -0.167. The van der Waals surface area contributed by atoms with Gasteiger partial charge in [-0.1, -0.05) is 332 Å². The highest BCUT2D eigenvalue weighted by Gasteiger charge is 2.19. The number of hydrogen-bond acceptors (Lipinski definition) is 6. The van der Waals surface area contributed by atoms with Crippen LogP contribution in [0.15, 0.2) is 60.8 Å². The van der Waals surface area contributed by atoms with Crippen molar-refractivity contribution in [2.24, 2.45) is 0 Å². The molecule has 0 heterocycles. The van der Waals surface area contributed by atoms with Gasteiger partial charge in [0.2, 0.25) is 0 Å². The maximum Gasteiger partial charge on any atom is 0.306 e. The van der Waals surface area contributed by atoms with Crippen molar-refractivity contribution in [3.05, 3.63) is 60.8 Å². The average Bonchev–Trinajstić information content (AvgIpc) is 3.46. The van der Waals surface area contributed by atoms with Crippen molar-refractivity contribution in [1.82, 2.24) is 0 Å². The minimum atomic E-state index is -0.787. The van der Waals surface area contributed by atoms with E-state index in [0.29, 0.717) is 19.3 Å². The molecule has 1 unspecified atom stereocenters. The van der Waals surface area contributed by atoms with Gasteiger partial charge in [-0.25, -0.2) is 0 Å². The lowest BCUT2D eigenvalue weighted by atomic mass is 10.0. The Morgan fingerprint density at radius 3 is 0.762 bits per heavy atom. The molecule has 466 valence electrons. The van der Waals surface area contributed by atoms with Crippen LogP contribution in [0.2, 0.25) is 0 Å². The Bertz CT molecular complexity index is 1430. The third-order valence-corrected chi connectivity index (χ3v) is 15.7. The summed E-state index contributed by atoms with van der Waals surface area (Å²) in [5.74, 6) is -0.887. The number of allylic oxidation sites excluding steroid dienone is 10. The van der Waals surface area contributed by atoms with Crippen molar-refractivity contribution in [3.63, 3.8) is 0 Å². The monoisotopic (exact) mass is 1120 g/mol. The molecule has 1 atom stereocenters. The molecule has 0 saturated heterocycles. The van der Waals surface area contributed by atoms with Crippen molar-refractivity contribution < 1.29 is 28.6 Å². The zero-order valence-electron chi connectivity index (χ0n) is 53.6. The number of rotatable bonds is 65. The van der Waals surface area contributed by atoms with Crippen LogP contribution in [0.25, 0.3) is 0 Å². The van der Waals surface area contributed by atoms with Crippen LogP contribution >= 0.6 is 0 Å². The molecule has 80 heavy (non-hydrogen) atoms. The predicted octanol–water partition coefficient (Wildman–Crippen LogP) is 24.3. The zero-order valence-corrected chi connectivity index (χ0v) is 53.6. The van der Waals surface area contributed by atoms with Crippen LogP contribution in [0.5, 0.6) is 0 Å². The van der Waals surface area contributed by atoms with Gasteiger partial charge in [-0.2, -0.15) is 0 Å². The molecule has 0 aliphatic heterocycles. The predicted molar refractivity (Wildman–Crippen MR) is 348 cm³/mol. The number of carbonyl (C=O) groups excluding carboxylic acids is 3. The number of ether oxygens (including phenoxy) is 3. The van der Waals surface area contributed by atoms with E-state index in [1.54, 1.807) is 0 Å². The van der Waals surface area contributed by atoms with Crippen molar-refractivity contribution in [2.45, 2.75) is 380 Å². The van der Waals surface area contributed by atoms with E-state index in [1.165, 1.54) is 231 Å². The lowest BCUT2D eigenvalue weighted by Gasteiger charge is -2.18. The number of esters is 3. The Kier molecular flexibility index (Phi) is 66.1. The Labute approximate surface area is 498 Å². The summed E-state index contributed by atoms with van der Waals surface area (Å²) in [5, 5.41) is 0. The third kappa shape index (κ3) is 65.9. The van der Waals surface area contributed by atoms with E-state index in [0.717, 1.165) is 103 Å². The van der Waals surface area contributed by atoms with Gasteiger partial charge in [0, 0.05) is 19.3 Å². The summed E-state index contributed by atoms with van der Waals surface area (Å²) < 4.78 is 17.0. The summed E-state index contributed by atoms with van der Waals surface area (Å²) in [5.41, 5.74) is 0. The van der Waals surface area contributed by atoms with Crippen LogP contribution in [0.3, 0.4) is 0 Å². The van der Waals surface area contributed by atoms with E-state index in [1.807, 2.05) is 0 Å². The quantitative estimate of drug-likeness (QED) is 0.0261. The smallest absolute Gasteiger partial charge is 0.306 e. The minimum Gasteiger partial charge on any atom is -0.462 e. The van der Waals surface area contributed by atoms with E-state index < -0.39 is 6.10 Å². The molecular weight excluding hydrogens is 985 g/mol. The van der Waals surface area contributed by atoms with Crippen molar-refractivity contribution >= 4 is 17.9 Å². The maximum absolute atomic E-state index is 12.9. The van der Waals surface area contributed by atoms with E-state index in [-0.39, 0.29) is 31.1 Å². The molecule has 0 aromatic heterocycles. The molecule has 0 spiro atoms. The van der Waals surface area contributed by atoms with Crippen LogP contribution in [0.4, 0.5) is 0 Å². The SMILES string of the molecule is CCCC/C=C\C/C=C\CCCCCCCC(=O)OCC(COC(=O)CCCCCCCCCCCCCCCCCCCCCCCCCCCCCCC)OC(=O)CCCCCCCC/C=C\C/C=C\C/C=C\CCCCC. The first-order valence-electron chi connectivity index (χ1n) is 35.3. The van der Waals surface area contributed by atoms with E-state index in [2.05, 4.69) is 81.5 Å². The highest BCUT2D eigenvalue weighted by atomic mass is 16.6. The van der Waals surface area contributed by atoms with E-state index in [9.17, 15) is 14.4 Å². The van der Waals surface area contributed by atoms with Gasteiger partial charge in [-0.05, 0) is 83.5 Å². The van der Waals surface area contributed by atoms with Gasteiger partial charge in [0.15, 0.2) is 6.10 Å². The highest BCUT2D eigenvalue weighted by molar-refractivity contribution is 5.71. The standard InChI is InChI=1S/C74H134O6/c1-4-7-10-13-16-19-22-25-28-30-32-33-34-35-36-37-38-39-40-41-43-44-46-49-52-55-58-61-64-67-73(76)79-70-71(69-78-72(75)66-63-60-57-54-51-48-27-24-21-18-15-12-9-6-3)80-74(77)68-65-62-59-56-53-50-47-45-42-31-29-26-23-20-17-14-11-8-5-2/h15,17-18,20,24,26-27,29,42,45,71H,4-14,16,19,21-23,25,28,30-41,43-44,46-70H2,1-3H3/b18-15-,20-17-,27-24-,29-26-,45-42-. The van der Waals surface area contributed by atoms with Crippen molar-refractivity contribution in [3.8, 4) is 0 Å². The molecule has 0 aliphatic rings. The fourth-order valence-electron chi connectivity index (χ4n) is 10.4. The van der Waals surface area contributed by atoms with E-state index >= 15 is 0 Å². The fourth-order valence-corrected chi connectivity index (χ4v) is 10.4. The molecule has 0 saturated carbocycles. The van der Waals surface area contributed by atoms with Crippen molar-refractivity contribution in [2.75, 3.05) is 13.2 Å². The van der Waals surface area contributed by atoms with Gasteiger partial charge in [-0.15, -0.1) is 0 Å². The Balaban J connectivity index is 4.23. The van der Waals surface area contributed by atoms with Crippen LogP contribution in [0.1, 0.15) is 374 Å². The maximum atomic E-state index is 12.9. The Morgan fingerprint density at radius 2 is 0.463 bits per heavy atom. The summed E-state index contributed by atoms with van der Waals surface area (Å²) in [6, 6.07) is 0. The second-order valence-corrected chi connectivity index (χ2v) is 23.8. The van der Waals surface area contributed by atoms with Crippen LogP contribution in [-0.4, -0.2) is 37.2 Å². The number of carbonyl (C=O) groups is 3. The molecule has 6 nitrogen and oxygen atoms in total. The molecule has 6 heteroatoms. The molecule has 0 radical (unpaired) electrons. The molecule has 0 N–H and O–H groups in total. The first-order valence-corrected chi connectivity index (χ1v) is 35.3. The molecular formula is C74H134O6. The third-order valence-electron chi connectivity index (χ3n) is 15.7.